The highest BCUT2D eigenvalue weighted by molar-refractivity contribution is 5.95. The summed E-state index contributed by atoms with van der Waals surface area (Å²) in [6, 6.07) is 20.4. The summed E-state index contributed by atoms with van der Waals surface area (Å²) < 4.78 is 0. The highest BCUT2D eigenvalue weighted by atomic mass is 16.1. The lowest BCUT2D eigenvalue weighted by atomic mass is 9.86. The van der Waals surface area contributed by atoms with Gasteiger partial charge in [0.2, 0.25) is 0 Å². The van der Waals surface area contributed by atoms with Gasteiger partial charge in [0.05, 0.1) is 5.52 Å². The number of carbonyl (C=O) groups is 1. The molecule has 1 aromatic heterocycles. The number of carbonyl (C=O) groups excluding carboxylic acids is 1. The van der Waals surface area contributed by atoms with Crippen LogP contribution >= 0.6 is 0 Å². The van der Waals surface area contributed by atoms with Crippen LogP contribution in [0.15, 0.2) is 60.7 Å². The zero-order valence-corrected chi connectivity index (χ0v) is 15.5. The van der Waals surface area contributed by atoms with Crippen molar-refractivity contribution in [2.45, 2.75) is 25.2 Å². The van der Waals surface area contributed by atoms with Gasteiger partial charge in [0, 0.05) is 11.3 Å². The van der Waals surface area contributed by atoms with Crippen molar-refractivity contribution in [1.29, 1.82) is 0 Å². The van der Waals surface area contributed by atoms with Crippen molar-refractivity contribution in [1.82, 2.24) is 9.88 Å². The third kappa shape index (κ3) is 3.86. The Kier molecular flexibility index (Phi) is 5.16. The highest BCUT2D eigenvalue weighted by Crippen LogP contribution is 2.32. The monoisotopic (exact) mass is 359 g/mol. The molecule has 1 aliphatic rings. The zero-order chi connectivity index (χ0) is 18.6. The number of pyridine rings is 1. The second kappa shape index (κ2) is 7.89. The van der Waals surface area contributed by atoms with Gasteiger partial charge in [-0.2, -0.15) is 0 Å². The molecule has 0 saturated carbocycles. The Morgan fingerprint density at radius 3 is 2.48 bits per heavy atom. The minimum atomic E-state index is -0.460. The molecule has 2 N–H and O–H groups in total. The summed E-state index contributed by atoms with van der Waals surface area (Å²) >= 11 is 0. The lowest BCUT2D eigenvalue weighted by molar-refractivity contribution is 0.0994. The molecule has 0 spiro atoms. The van der Waals surface area contributed by atoms with E-state index in [0.29, 0.717) is 5.69 Å². The van der Waals surface area contributed by atoms with Crippen molar-refractivity contribution in [3.05, 3.63) is 77.5 Å². The standard InChI is InChI=1S/C23H25N3O/c24-23(27)22-20(16-18-10-4-5-11-21(18)25-22)19(17-8-2-1-3-9-17)12-15-26-13-6-7-14-26/h1-5,8-11,16,19H,6-7,12-15H2,(H2,24,27). The van der Waals surface area contributed by atoms with Gasteiger partial charge in [-0.25, -0.2) is 4.98 Å². The lowest BCUT2D eigenvalue weighted by Crippen LogP contribution is -2.24. The number of fused-ring (bicyclic) bond motifs is 1. The fraction of sp³-hybridized carbons (Fsp3) is 0.304. The molecule has 2 heterocycles. The number of nitrogens with two attached hydrogens (primary N) is 1. The zero-order valence-electron chi connectivity index (χ0n) is 15.5. The fourth-order valence-electron chi connectivity index (χ4n) is 4.10. The summed E-state index contributed by atoms with van der Waals surface area (Å²) in [6.07, 6.45) is 3.50. The summed E-state index contributed by atoms with van der Waals surface area (Å²) in [7, 11) is 0. The van der Waals surface area contributed by atoms with Gasteiger partial charge in [-0.15, -0.1) is 0 Å². The smallest absolute Gasteiger partial charge is 0.267 e. The molecule has 2 aromatic carbocycles. The van der Waals surface area contributed by atoms with Gasteiger partial charge >= 0.3 is 0 Å². The molecular weight excluding hydrogens is 334 g/mol. The Labute approximate surface area is 160 Å². The van der Waals surface area contributed by atoms with Crippen LogP contribution in [0.2, 0.25) is 0 Å². The molecular formula is C23H25N3O. The maximum atomic E-state index is 12.2. The van der Waals surface area contributed by atoms with E-state index in [2.05, 4.69) is 40.2 Å². The van der Waals surface area contributed by atoms with Crippen LogP contribution < -0.4 is 5.73 Å². The normalized spacial score (nSPS) is 15.9. The van der Waals surface area contributed by atoms with Crippen molar-refractivity contribution < 1.29 is 4.79 Å². The molecule has 27 heavy (non-hydrogen) atoms. The number of amides is 1. The first kappa shape index (κ1) is 17.7. The number of benzene rings is 2. The van der Waals surface area contributed by atoms with Gasteiger partial charge in [-0.3, -0.25) is 4.79 Å². The number of likely N-dealkylation sites (tertiary alicyclic amines) is 1. The fourth-order valence-corrected chi connectivity index (χ4v) is 4.10. The van der Waals surface area contributed by atoms with Crippen molar-refractivity contribution in [2.24, 2.45) is 5.73 Å². The van der Waals surface area contributed by atoms with Crippen molar-refractivity contribution >= 4 is 16.8 Å². The van der Waals surface area contributed by atoms with Gasteiger partial charge < -0.3 is 10.6 Å². The van der Waals surface area contributed by atoms with E-state index in [1.165, 1.54) is 31.5 Å². The predicted molar refractivity (Wildman–Crippen MR) is 109 cm³/mol. The van der Waals surface area contributed by atoms with E-state index in [1.54, 1.807) is 0 Å². The number of rotatable bonds is 6. The lowest BCUT2D eigenvalue weighted by Gasteiger charge is -2.23. The number of hydrogen-bond donors (Lipinski definition) is 1. The Morgan fingerprint density at radius 1 is 1.04 bits per heavy atom. The molecule has 4 rings (SSSR count). The van der Waals surface area contributed by atoms with Gasteiger partial charge in [0.1, 0.15) is 5.69 Å². The van der Waals surface area contributed by atoms with Crippen molar-refractivity contribution in [3.63, 3.8) is 0 Å². The number of primary amides is 1. The Morgan fingerprint density at radius 2 is 1.74 bits per heavy atom. The maximum absolute atomic E-state index is 12.2. The molecule has 1 saturated heterocycles. The molecule has 0 aliphatic carbocycles. The van der Waals surface area contributed by atoms with Crippen LogP contribution in [0, 0.1) is 0 Å². The Balaban J connectivity index is 1.78. The number of para-hydroxylation sites is 1. The molecule has 0 bridgehead atoms. The van der Waals surface area contributed by atoms with E-state index < -0.39 is 5.91 Å². The van der Waals surface area contributed by atoms with E-state index in [9.17, 15) is 4.79 Å². The van der Waals surface area contributed by atoms with Gasteiger partial charge in [0.25, 0.3) is 5.91 Å². The molecule has 1 atom stereocenters. The Hall–Kier alpha value is -2.72. The first-order valence-electron chi connectivity index (χ1n) is 9.69. The largest absolute Gasteiger partial charge is 0.364 e. The number of nitrogens with zero attached hydrogens (tertiary/aromatic N) is 2. The first-order chi connectivity index (χ1) is 13.2. The third-order valence-electron chi connectivity index (χ3n) is 5.50. The van der Waals surface area contributed by atoms with Crippen LogP contribution in [0.5, 0.6) is 0 Å². The third-order valence-corrected chi connectivity index (χ3v) is 5.50. The Bertz CT molecular complexity index is 933. The topological polar surface area (TPSA) is 59.2 Å². The van der Waals surface area contributed by atoms with Crippen molar-refractivity contribution in [3.8, 4) is 0 Å². The predicted octanol–water partition coefficient (Wildman–Crippen LogP) is 3.95. The molecule has 138 valence electrons. The summed E-state index contributed by atoms with van der Waals surface area (Å²) in [5.74, 6) is -0.357. The van der Waals surface area contributed by atoms with Crippen molar-refractivity contribution in [2.75, 3.05) is 19.6 Å². The molecule has 4 heteroatoms. The van der Waals surface area contributed by atoms with Crippen LogP contribution in [-0.2, 0) is 0 Å². The van der Waals surface area contributed by atoms with E-state index in [1.807, 2.05) is 30.3 Å². The maximum Gasteiger partial charge on any atom is 0.267 e. The first-order valence-corrected chi connectivity index (χ1v) is 9.69. The van der Waals surface area contributed by atoms with Crippen LogP contribution in [0.1, 0.15) is 46.8 Å². The van der Waals surface area contributed by atoms with Crippen LogP contribution in [0.4, 0.5) is 0 Å². The molecule has 1 aliphatic heterocycles. The van der Waals surface area contributed by atoms with Gasteiger partial charge in [0.15, 0.2) is 0 Å². The van der Waals surface area contributed by atoms with Gasteiger partial charge in [-0.1, -0.05) is 48.5 Å². The molecule has 1 fully saturated rings. The summed E-state index contributed by atoms with van der Waals surface area (Å²) in [5, 5.41) is 1.04. The van der Waals surface area contributed by atoms with E-state index in [4.69, 9.17) is 5.73 Å². The molecule has 4 nitrogen and oxygen atoms in total. The molecule has 1 amide bonds. The van der Waals surface area contributed by atoms with E-state index in [-0.39, 0.29) is 5.92 Å². The van der Waals surface area contributed by atoms with Gasteiger partial charge in [-0.05, 0) is 62.2 Å². The summed E-state index contributed by atoms with van der Waals surface area (Å²) in [6.45, 7) is 3.35. The van der Waals surface area contributed by atoms with Crippen LogP contribution in [-0.4, -0.2) is 35.4 Å². The summed E-state index contributed by atoms with van der Waals surface area (Å²) in [4.78, 5) is 19.3. The average molecular weight is 359 g/mol. The summed E-state index contributed by atoms with van der Waals surface area (Å²) in [5.41, 5.74) is 9.07. The number of aromatic nitrogens is 1. The van der Waals surface area contributed by atoms with E-state index in [0.717, 1.165) is 29.4 Å². The highest BCUT2D eigenvalue weighted by Gasteiger charge is 2.23. The number of hydrogen-bond acceptors (Lipinski definition) is 3. The minimum absolute atomic E-state index is 0.103. The molecule has 1 unspecified atom stereocenters. The average Bonchev–Trinajstić information content (AvgIpc) is 3.22. The minimum Gasteiger partial charge on any atom is -0.364 e. The quantitative estimate of drug-likeness (QED) is 0.725. The molecule has 0 radical (unpaired) electrons. The SMILES string of the molecule is NC(=O)c1nc2ccccc2cc1C(CCN1CCCC1)c1ccccc1. The van der Waals surface area contributed by atoms with E-state index >= 15 is 0 Å². The second-order valence-corrected chi connectivity index (χ2v) is 7.28. The van der Waals surface area contributed by atoms with Crippen LogP contribution in [0.25, 0.3) is 10.9 Å². The second-order valence-electron chi connectivity index (χ2n) is 7.28. The molecule has 3 aromatic rings. The van der Waals surface area contributed by atoms with Crippen LogP contribution in [0.3, 0.4) is 0 Å².